The molecule has 2 aliphatic rings. The summed E-state index contributed by atoms with van der Waals surface area (Å²) in [5.41, 5.74) is 6.01. The molecule has 1 heteroatoms. The van der Waals surface area contributed by atoms with E-state index >= 15 is 0 Å². The van der Waals surface area contributed by atoms with Gasteiger partial charge in [-0.15, -0.1) is 0 Å². The predicted molar refractivity (Wildman–Crippen MR) is 87.6 cm³/mol. The van der Waals surface area contributed by atoms with Gasteiger partial charge in [-0.2, -0.15) is 0 Å². The number of benzene rings is 2. The lowest BCUT2D eigenvalue weighted by atomic mass is 9.80. The topological polar surface area (TPSA) is 3.24 Å². The monoisotopic (exact) mass is 277 g/mol. The Bertz CT molecular complexity index is 660. The lowest BCUT2D eigenvalue weighted by Gasteiger charge is -2.37. The largest absolute Gasteiger partial charge is 0.299 e. The van der Waals surface area contributed by atoms with Crippen molar-refractivity contribution in [2.24, 2.45) is 5.92 Å². The third kappa shape index (κ3) is 2.03. The number of piperidine rings is 1. The van der Waals surface area contributed by atoms with Crippen molar-refractivity contribution < 1.29 is 0 Å². The smallest absolute Gasteiger partial charge is 0.0385 e. The van der Waals surface area contributed by atoms with E-state index in [0.29, 0.717) is 12.0 Å². The van der Waals surface area contributed by atoms with Gasteiger partial charge in [-0.1, -0.05) is 54.1 Å². The van der Waals surface area contributed by atoms with Crippen LogP contribution in [0.15, 0.2) is 48.5 Å². The van der Waals surface area contributed by atoms with Crippen LogP contribution in [0.3, 0.4) is 0 Å². The third-order valence-corrected chi connectivity index (χ3v) is 5.41. The molecule has 2 aromatic carbocycles. The van der Waals surface area contributed by atoms with Gasteiger partial charge in [0, 0.05) is 12.0 Å². The second-order valence-electron chi connectivity index (χ2n) is 6.75. The highest BCUT2D eigenvalue weighted by Crippen LogP contribution is 2.54. The van der Waals surface area contributed by atoms with Crippen LogP contribution in [-0.2, 0) is 0 Å². The Morgan fingerprint density at radius 1 is 1.00 bits per heavy atom. The Balaban J connectivity index is 1.86. The molecule has 1 saturated heterocycles. The van der Waals surface area contributed by atoms with Crippen molar-refractivity contribution in [2.75, 3.05) is 13.6 Å². The molecular weight excluding hydrogens is 254 g/mol. The van der Waals surface area contributed by atoms with Crippen LogP contribution in [0.4, 0.5) is 0 Å². The summed E-state index contributed by atoms with van der Waals surface area (Å²) >= 11 is 0. The van der Waals surface area contributed by atoms with Gasteiger partial charge in [-0.05, 0) is 56.0 Å². The summed E-state index contributed by atoms with van der Waals surface area (Å²) in [4.78, 5) is 2.57. The predicted octanol–water partition coefficient (Wildman–Crippen LogP) is 4.52. The molecule has 0 spiro atoms. The van der Waals surface area contributed by atoms with E-state index < -0.39 is 0 Å². The lowest BCUT2D eigenvalue weighted by Crippen LogP contribution is -2.34. The van der Waals surface area contributed by atoms with Gasteiger partial charge in [0.05, 0.1) is 0 Å². The van der Waals surface area contributed by atoms with Crippen LogP contribution in [-0.4, -0.2) is 18.5 Å². The second-order valence-corrected chi connectivity index (χ2v) is 6.75. The normalized spacial score (nSPS) is 28.2. The molecule has 0 radical (unpaired) electrons. The minimum Gasteiger partial charge on any atom is -0.299 e. The van der Waals surface area contributed by atoms with E-state index in [-0.39, 0.29) is 0 Å². The number of hydrogen-bond donors (Lipinski definition) is 0. The van der Waals surface area contributed by atoms with Crippen LogP contribution >= 0.6 is 0 Å². The summed E-state index contributed by atoms with van der Waals surface area (Å²) in [6.45, 7) is 3.44. The summed E-state index contributed by atoms with van der Waals surface area (Å²) < 4.78 is 0. The molecule has 3 atom stereocenters. The first-order valence-corrected chi connectivity index (χ1v) is 8.11. The van der Waals surface area contributed by atoms with E-state index in [1.54, 1.807) is 11.1 Å². The molecular formula is C20H23N. The molecule has 0 unspecified atom stereocenters. The zero-order valence-corrected chi connectivity index (χ0v) is 12.9. The molecule has 0 amide bonds. The highest BCUT2D eigenvalue weighted by Gasteiger charge is 2.44. The molecule has 1 nitrogen and oxygen atoms in total. The van der Waals surface area contributed by atoms with Crippen molar-refractivity contribution in [2.45, 2.75) is 31.7 Å². The summed E-state index contributed by atoms with van der Waals surface area (Å²) in [7, 11) is 2.30. The van der Waals surface area contributed by atoms with Crippen LogP contribution < -0.4 is 0 Å². The molecule has 0 saturated carbocycles. The molecule has 4 rings (SSSR count). The highest BCUT2D eigenvalue weighted by molar-refractivity contribution is 5.47. The van der Waals surface area contributed by atoms with Gasteiger partial charge < -0.3 is 0 Å². The zero-order valence-electron chi connectivity index (χ0n) is 12.9. The van der Waals surface area contributed by atoms with E-state index in [4.69, 9.17) is 0 Å². The number of hydrogen-bond acceptors (Lipinski definition) is 1. The fraction of sp³-hybridized carbons (Fsp3) is 0.400. The van der Waals surface area contributed by atoms with Crippen LogP contribution in [0.25, 0.3) is 0 Å². The molecule has 21 heavy (non-hydrogen) atoms. The van der Waals surface area contributed by atoms with Crippen molar-refractivity contribution >= 4 is 0 Å². The first kappa shape index (κ1) is 13.1. The molecule has 1 heterocycles. The van der Waals surface area contributed by atoms with Crippen LogP contribution in [0.5, 0.6) is 0 Å². The fourth-order valence-electron chi connectivity index (χ4n) is 4.60. The summed E-state index contributed by atoms with van der Waals surface area (Å²) in [6, 6.07) is 18.9. The number of likely N-dealkylation sites (tertiary alicyclic amines) is 1. The summed E-state index contributed by atoms with van der Waals surface area (Å²) in [5, 5.41) is 0. The molecule has 0 bridgehead atoms. The number of aryl methyl sites for hydroxylation is 1. The van der Waals surface area contributed by atoms with E-state index in [1.807, 2.05) is 0 Å². The summed E-state index contributed by atoms with van der Waals surface area (Å²) in [5.74, 6) is 1.32. The van der Waals surface area contributed by atoms with E-state index in [2.05, 4.69) is 67.4 Å². The first-order valence-electron chi connectivity index (χ1n) is 8.11. The molecule has 108 valence electrons. The molecule has 1 fully saturated rings. The highest BCUT2D eigenvalue weighted by atomic mass is 15.1. The van der Waals surface area contributed by atoms with Gasteiger partial charge in [0.15, 0.2) is 0 Å². The van der Waals surface area contributed by atoms with E-state index in [0.717, 1.165) is 5.92 Å². The fourth-order valence-corrected chi connectivity index (χ4v) is 4.60. The van der Waals surface area contributed by atoms with Crippen molar-refractivity contribution in [3.63, 3.8) is 0 Å². The van der Waals surface area contributed by atoms with Crippen molar-refractivity contribution in [1.82, 2.24) is 4.90 Å². The maximum absolute atomic E-state index is 2.57. The second kappa shape index (κ2) is 4.99. The molecule has 1 aliphatic carbocycles. The molecule has 0 N–H and O–H groups in total. The Hall–Kier alpha value is -1.60. The van der Waals surface area contributed by atoms with Crippen molar-refractivity contribution in [3.8, 4) is 0 Å². The average Bonchev–Trinajstić information content (AvgIpc) is 2.83. The van der Waals surface area contributed by atoms with Crippen LogP contribution in [0, 0.1) is 12.8 Å². The lowest BCUT2D eigenvalue weighted by molar-refractivity contribution is 0.127. The number of nitrogens with zero attached hydrogens (tertiary/aromatic N) is 1. The Morgan fingerprint density at radius 3 is 2.62 bits per heavy atom. The van der Waals surface area contributed by atoms with Crippen molar-refractivity contribution in [3.05, 3.63) is 70.8 Å². The van der Waals surface area contributed by atoms with Gasteiger partial charge in [0.2, 0.25) is 0 Å². The van der Waals surface area contributed by atoms with E-state index in [1.165, 1.54) is 30.5 Å². The zero-order chi connectivity index (χ0) is 14.4. The van der Waals surface area contributed by atoms with Crippen LogP contribution in [0.1, 0.15) is 47.1 Å². The number of rotatable bonds is 1. The Kier molecular flexibility index (Phi) is 3.11. The van der Waals surface area contributed by atoms with Gasteiger partial charge in [0.25, 0.3) is 0 Å². The summed E-state index contributed by atoms with van der Waals surface area (Å²) in [6.07, 6.45) is 2.68. The Labute approximate surface area is 127 Å². The average molecular weight is 277 g/mol. The molecule has 1 aliphatic heterocycles. The van der Waals surface area contributed by atoms with Gasteiger partial charge in [-0.3, -0.25) is 4.90 Å². The maximum atomic E-state index is 2.57. The maximum Gasteiger partial charge on any atom is 0.0385 e. The van der Waals surface area contributed by atoms with Gasteiger partial charge in [-0.25, -0.2) is 0 Å². The Morgan fingerprint density at radius 2 is 1.81 bits per heavy atom. The molecule has 0 aromatic heterocycles. The minimum absolute atomic E-state index is 0.578. The van der Waals surface area contributed by atoms with E-state index in [9.17, 15) is 0 Å². The van der Waals surface area contributed by atoms with Crippen molar-refractivity contribution in [1.29, 1.82) is 0 Å². The quantitative estimate of drug-likeness (QED) is 0.740. The van der Waals surface area contributed by atoms with Gasteiger partial charge in [0.1, 0.15) is 0 Å². The third-order valence-electron chi connectivity index (χ3n) is 5.41. The molecule has 2 aromatic rings. The standard InChI is InChI=1S/C20H23N/c1-14-7-5-8-15(13-14)19-16-9-3-4-10-17(16)20-18(19)11-6-12-21(20)2/h3-5,7-10,13,18-20H,6,11-12H2,1-2H3/t18-,19+,20+/m0/s1. The minimum atomic E-state index is 0.578. The SMILES string of the molecule is Cc1cccc([C@@H]2c3ccccc3[C@@H]3[C@H]2CCCN3C)c1. The number of fused-ring (bicyclic) bond motifs is 3. The van der Waals surface area contributed by atoms with Crippen LogP contribution in [0.2, 0.25) is 0 Å². The van der Waals surface area contributed by atoms with Gasteiger partial charge >= 0.3 is 0 Å². The first-order chi connectivity index (χ1) is 10.3.